The molecule has 0 saturated carbocycles. The van der Waals surface area contributed by atoms with E-state index in [1.807, 2.05) is 26.0 Å². The summed E-state index contributed by atoms with van der Waals surface area (Å²) >= 11 is 0. The molecular weight excluding hydrogens is 340 g/mol. The molecule has 0 atom stereocenters. The molecule has 5 nitrogen and oxygen atoms in total. The highest BCUT2D eigenvalue weighted by Gasteiger charge is 2.32. The second-order valence-corrected chi connectivity index (χ2v) is 6.83. The summed E-state index contributed by atoms with van der Waals surface area (Å²) in [6.07, 6.45) is 2.43. The molecule has 1 aliphatic heterocycles. The van der Waals surface area contributed by atoms with Crippen LogP contribution < -0.4 is 15.4 Å². The Kier molecular flexibility index (Phi) is 9.25. The summed E-state index contributed by atoms with van der Waals surface area (Å²) in [5, 5.41) is 6.42. The number of aryl methyl sites for hydroxylation is 2. The summed E-state index contributed by atoms with van der Waals surface area (Å²) < 4.78 is 11.1. The lowest BCUT2D eigenvalue weighted by Crippen LogP contribution is -2.47. The van der Waals surface area contributed by atoms with Gasteiger partial charge in [-0.05, 0) is 57.0 Å². The van der Waals surface area contributed by atoms with Gasteiger partial charge in [0.05, 0.1) is 19.6 Å². The van der Waals surface area contributed by atoms with Gasteiger partial charge in [-0.1, -0.05) is 12.1 Å². The van der Waals surface area contributed by atoms with E-state index in [1.165, 1.54) is 0 Å². The van der Waals surface area contributed by atoms with E-state index in [9.17, 15) is 4.79 Å². The van der Waals surface area contributed by atoms with Crippen LogP contribution in [0.15, 0.2) is 18.2 Å². The van der Waals surface area contributed by atoms with Gasteiger partial charge < -0.3 is 20.1 Å². The minimum Gasteiger partial charge on any atom is -0.493 e. The first-order valence-corrected chi connectivity index (χ1v) is 8.71. The van der Waals surface area contributed by atoms with Gasteiger partial charge in [-0.3, -0.25) is 4.79 Å². The predicted molar refractivity (Wildman–Crippen MR) is 103 cm³/mol. The Morgan fingerprint density at radius 3 is 2.68 bits per heavy atom. The SMILES string of the molecule is COCC1(CNC(=O)CCOc2cc(C)ccc2C)CCNCC1.Cl. The Balaban J connectivity index is 0.00000312. The molecule has 1 aromatic rings. The number of piperidine rings is 1. The summed E-state index contributed by atoms with van der Waals surface area (Å²) in [4.78, 5) is 12.1. The number of halogens is 1. The molecule has 1 saturated heterocycles. The van der Waals surface area contributed by atoms with Crippen molar-refractivity contribution in [1.29, 1.82) is 0 Å². The summed E-state index contributed by atoms with van der Waals surface area (Å²) in [7, 11) is 1.73. The summed E-state index contributed by atoms with van der Waals surface area (Å²) in [6, 6.07) is 6.11. The number of rotatable bonds is 8. The van der Waals surface area contributed by atoms with Crippen LogP contribution in [0.4, 0.5) is 0 Å². The highest BCUT2D eigenvalue weighted by Crippen LogP contribution is 2.28. The van der Waals surface area contributed by atoms with Gasteiger partial charge in [0.15, 0.2) is 0 Å². The van der Waals surface area contributed by atoms with Gasteiger partial charge in [-0.2, -0.15) is 0 Å². The fourth-order valence-corrected chi connectivity index (χ4v) is 3.13. The molecule has 2 N–H and O–H groups in total. The van der Waals surface area contributed by atoms with Crippen molar-refractivity contribution in [3.05, 3.63) is 29.3 Å². The fraction of sp³-hybridized carbons (Fsp3) is 0.632. The van der Waals surface area contributed by atoms with Crippen molar-refractivity contribution >= 4 is 18.3 Å². The van der Waals surface area contributed by atoms with Gasteiger partial charge in [-0.25, -0.2) is 0 Å². The van der Waals surface area contributed by atoms with Crippen molar-refractivity contribution in [2.75, 3.05) is 40.0 Å². The Labute approximate surface area is 157 Å². The lowest BCUT2D eigenvalue weighted by Gasteiger charge is -2.37. The Bertz CT molecular complexity index is 540. The van der Waals surface area contributed by atoms with Crippen molar-refractivity contribution in [3.63, 3.8) is 0 Å². The maximum absolute atomic E-state index is 12.1. The predicted octanol–water partition coefficient (Wildman–Crippen LogP) is 2.63. The number of benzene rings is 1. The maximum atomic E-state index is 12.1. The highest BCUT2D eigenvalue weighted by molar-refractivity contribution is 5.85. The average Bonchev–Trinajstić information content (AvgIpc) is 2.57. The van der Waals surface area contributed by atoms with Crippen molar-refractivity contribution in [3.8, 4) is 5.75 Å². The second-order valence-electron chi connectivity index (χ2n) is 6.83. The first-order chi connectivity index (χ1) is 11.5. The van der Waals surface area contributed by atoms with Gasteiger partial charge in [0.25, 0.3) is 0 Å². The lowest BCUT2D eigenvalue weighted by atomic mass is 9.79. The first kappa shape index (κ1) is 21.7. The lowest BCUT2D eigenvalue weighted by molar-refractivity contribution is -0.122. The molecule has 1 amide bonds. The average molecular weight is 371 g/mol. The van der Waals surface area contributed by atoms with E-state index >= 15 is 0 Å². The molecule has 1 fully saturated rings. The number of hydrogen-bond acceptors (Lipinski definition) is 4. The number of amides is 1. The van der Waals surface area contributed by atoms with Gasteiger partial charge >= 0.3 is 0 Å². The van der Waals surface area contributed by atoms with Crippen molar-refractivity contribution in [2.45, 2.75) is 33.1 Å². The van der Waals surface area contributed by atoms with Gasteiger partial charge in [0, 0.05) is 19.1 Å². The molecule has 1 aliphatic rings. The Morgan fingerprint density at radius 1 is 1.28 bits per heavy atom. The fourth-order valence-electron chi connectivity index (χ4n) is 3.13. The number of methoxy groups -OCH3 is 1. The molecule has 142 valence electrons. The molecule has 6 heteroatoms. The minimum absolute atomic E-state index is 0. The number of ether oxygens (including phenoxy) is 2. The van der Waals surface area contributed by atoms with Crippen LogP contribution in [-0.4, -0.2) is 45.9 Å². The summed E-state index contributed by atoms with van der Waals surface area (Å²) in [5.41, 5.74) is 2.31. The number of carbonyl (C=O) groups is 1. The van der Waals surface area contributed by atoms with Crippen LogP contribution >= 0.6 is 12.4 Å². The zero-order valence-electron chi connectivity index (χ0n) is 15.5. The monoisotopic (exact) mass is 370 g/mol. The van der Waals surface area contributed by atoms with Crippen LogP contribution in [0.5, 0.6) is 5.75 Å². The van der Waals surface area contributed by atoms with Crippen molar-refractivity contribution < 1.29 is 14.3 Å². The zero-order valence-corrected chi connectivity index (χ0v) is 16.3. The van der Waals surface area contributed by atoms with Crippen LogP contribution in [0.2, 0.25) is 0 Å². The molecule has 0 bridgehead atoms. The van der Waals surface area contributed by atoms with E-state index in [2.05, 4.69) is 16.7 Å². The number of carbonyl (C=O) groups excluding carboxylic acids is 1. The van der Waals surface area contributed by atoms with E-state index in [1.54, 1.807) is 7.11 Å². The van der Waals surface area contributed by atoms with E-state index in [-0.39, 0.29) is 23.7 Å². The molecule has 0 spiro atoms. The quantitative estimate of drug-likeness (QED) is 0.738. The standard InChI is InChI=1S/C19H30N2O3.ClH/c1-15-4-5-16(2)17(12-15)24-11-6-18(22)21-13-19(14-23-3)7-9-20-10-8-19;/h4-5,12,20H,6-11,13-14H2,1-3H3,(H,21,22);1H. The third kappa shape index (κ3) is 6.84. The molecular formula is C19H31ClN2O3. The normalized spacial score (nSPS) is 16.0. The topological polar surface area (TPSA) is 59.6 Å². The molecule has 1 heterocycles. The maximum Gasteiger partial charge on any atom is 0.223 e. The van der Waals surface area contributed by atoms with Gasteiger partial charge in [-0.15, -0.1) is 12.4 Å². The van der Waals surface area contributed by atoms with Crippen LogP contribution in [0, 0.1) is 19.3 Å². The molecule has 25 heavy (non-hydrogen) atoms. The van der Waals surface area contributed by atoms with Crippen LogP contribution in [0.25, 0.3) is 0 Å². The highest BCUT2D eigenvalue weighted by atomic mass is 35.5. The van der Waals surface area contributed by atoms with E-state index in [0.717, 1.165) is 42.8 Å². The van der Waals surface area contributed by atoms with E-state index in [4.69, 9.17) is 9.47 Å². The molecule has 0 unspecified atom stereocenters. The van der Waals surface area contributed by atoms with Crippen LogP contribution in [0.1, 0.15) is 30.4 Å². The van der Waals surface area contributed by atoms with E-state index < -0.39 is 0 Å². The number of hydrogen-bond donors (Lipinski definition) is 2. The van der Waals surface area contributed by atoms with Crippen LogP contribution in [-0.2, 0) is 9.53 Å². The van der Waals surface area contributed by atoms with Gasteiger partial charge in [0.2, 0.25) is 5.91 Å². The third-order valence-corrected chi connectivity index (χ3v) is 4.71. The van der Waals surface area contributed by atoms with Crippen LogP contribution in [0.3, 0.4) is 0 Å². The largest absolute Gasteiger partial charge is 0.493 e. The molecule has 2 rings (SSSR count). The Morgan fingerprint density at radius 2 is 2.00 bits per heavy atom. The van der Waals surface area contributed by atoms with E-state index in [0.29, 0.717) is 26.2 Å². The third-order valence-electron chi connectivity index (χ3n) is 4.71. The molecule has 0 radical (unpaired) electrons. The molecule has 0 aliphatic carbocycles. The zero-order chi connectivity index (χ0) is 17.4. The summed E-state index contributed by atoms with van der Waals surface area (Å²) in [5.74, 6) is 0.895. The Hall–Kier alpha value is -1.30. The van der Waals surface area contributed by atoms with Gasteiger partial charge in [0.1, 0.15) is 5.75 Å². The molecule has 0 aromatic heterocycles. The molecule has 1 aromatic carbocycles. The minimum atomic E-state index is 0. The van der Waals surface area contributed by atoms with Crippen molar-refractivity contribution in [1.82, 2.24) is 10.6 Å². The smallest absolute Gasteiger partial charge is 0.223 e. The van der Waals surface area contributed by atoms with Crippen molar-refractivity contribution in [2.24, 2.45) is 5.41 Å². The first-order valence-electron chi connectivity index (χ1n) is 8.71. The summed E-state index contributed by atoms with van der Waals surface area (Å²) in [6.45, 7) is 7.77. The second kappa shape index (κ2) is 10.6. The number of nitrogens with one attached hydrogen (secondary N) is 2.